The van der Waals surface area contributed by atoms with Crippen molar-refractivity contribution >= 4 is 23.6 Å². The summed E-state index contributed by atoms with van der Waals surface area (Å²) in [6, 6.07) is 14.5. The largest absolute Gasteiger partial charge is 0.497 e. The second-order valence-electron chi connectivity index (χ2n) is 8.64. The van der Waals surface area contributed by atoms with Crippen LogP contribution in [-0.2, 0) is 4.79 Å². The van der Waals surface area contributed by atoms with E-state index in [4.69, 9.17) is 9.47 Å². The number of hydrogen-bond acceptors (Lipinski definition) is 6. The normalized spacial score (nSPS) is 15.6. The summed E-state index contributed by atoms with van der Waals surface area (Å²) in [5.74, 6) is 1.58. The second-order valence-corrected chi connectivity index (χ2v) is 9.62. The first kappa shape index (κ1) is 26.9. The Kier molecular flexibility index (Phi) is 10.8. The first-order chi connectivity index (χ1) is 17.1. The monoisotopic (exact) mass is 499 g/mol. The summed E-state index contributed by atoms with van der Waals surface area (Å²) >= 11 is 1.65. The number of carbonyl (C=O) groups excluding carboxylic acids is 2. The molecule has 1 aliphatic rings. The van der Waals surface area contributed by atoms with Crippen LogP contribution >= 0.6 is 11.8 Å². The van der Waals surface area contributed by atoms with Crippen LogP contribution in [0.2, 0.25) is 0 Å². The molecule has 190 valence electrons. The maximum absolute atomic E-state index is 13.3. The Hall–Kier alpha value is -2.71. The van der Waals surface area contributed by atoms with Gasteiger partial charge in [-0.25, -0.2) is 0 Å². The van der Waals surface area contributed by atoms with E-state index in [-0.39, 0.29) is 17.9 Å². The predicted molar refractivity (Wildman–Crippen MR) is 141 cm³/mol. The summed E-state index contributed by atoms with van der Waals surface area (Å²) in [7, 11) is 3.19. The van der Waals surface area contributed by atoms with E-state index in [0.29, 0.717) is 24.3 Å². The number of amides is 2. The van der Waals surface area contributed by atoms with Crippen molar-refractivity contribution < 1.29 is 19.1 Å². The fourth-order valence-electron chi connectivity index (χ4n) is 4.41. The van der Waals surface area contributed by atoms with E-state index >= 15 is 0 Å². The molecule has 0 aliphatic carbocycles. The third-order valence-electron chi connectivity index (χ3n) is 6.39. The minimum absolute atomic E-state index is 0.0660. The number of para-hydroxylation sites is 1. The average molecular weight is 500 g/mol. The minimum atomic E-state index is -0.627. The molecule has 1 heterocycles. The highest BCUT2D eigenvalue weighted by atomic mass is 32.2. The van der Waals surface area contributed by atoms with Gasteiger partial charge in [-0.05, 0) is 74.2 Å². The molecule has 2 N–H and O–H groups in total. The number of nitrogens with zero attached hydrogens (tertiary/aromatic N) is 1. The molecule has 1 fully saturated rings. The van der Waals surface area contributed by atoms with Crippen LogP contribution in [-0.4, -0.2) is 68.6 Å². The zero-order chi connectivity index (χ0) is 25.0. The molecule has 8 heteroatoms. The van der Waals surface area contributed by atoms with Crippen LogP contribution < -0.4 is 20.1 Å². The molecule has 0 bridgehead atoms. The summed E-state index contributed by atoms with van der Waals surface area (Å²) in [6.07, 6.45) is 6.10. The van der Waals surface area contributed by atoms with E-state index in [9.17, 15) is 9.59 Å². The van der Waals surface area contributed by atoms with Crippen molar-refractivity contribution in [3.63, 3.8) is 0 Å². The lowest BCUT2D eigenvalue weighted by Crippen LogP contribution is -2.49. The molecule has 2 amide bonds. The third-order valence-corrected chi connectivity index (χ3v) is 7.03. The molecule has 0 radical (unpaired) electrons. The van der Waals surface area contributed by atoms with Gasteiger partial charge < -0.3 is 20.1 Å². The standard InChI is InChI=1S/C27H37N3O4S/c1-33-21-13-11-20(12-14-21)24(30-16-7-4-8-17-30)19-28-27(32)23(15-18-35-3)29-26(31)22-9-5-6-10-25(22)34-2/h5-6,9-14,23-24H,4,7-8,15-19H2,1-3H3,(H,28,32)(H,29,31)/t23-,24+/m0/s1. The van der Waals surface area contributed by atoms with Crippen molar-refractivity contribution in [3.05, 3.63) is 59.7 Å². The Bertz CT molecular complexity index is 948. The third kappa shape index (κ3) is 7.64. The van der Waals surface area contributed by atoms with Crippen LogP contribution in [0.4, 0.5) is 0 Å². The Balaban J connectivity index is 1.71. The van der Waals surface area contributed by atoms with Crippen LogP contribution in [0.3, 0.4) is 0 Å². The van der Waals surface area contributed by atoms with E-state index in [0.717, 1.165) is 43.0 Å². The lowest BCUT2D eigenvalue weighted by Gasteiger charge is -2.35. The van der Waals surface area contributed by atoms with Gasteiger partial charge in [0.2, 0.25) is 5.91 Å². The molecule has 2 atom stereocenters. The Morgan fingerprint density at radius 1 is 1.00 bits per heavy atom. The van der Waals surface area contributed by atoms with Crippen molar-refractivity contribution in [3.8, 4) is 11.5 Å². The van der Waals surface area contributed by atoms with Crippen molar-refractivity contribution in [1.82, 2.24) is 15.5 Å². The molecule has 3 rings (SSSR count). The van der Waals surface area contributed by atoms with Crippen molar-refractivity contribution in [2.24, 2.45) is 0 Å². The number of hydrogen-bond donors (Lipinski definition) is 2. The molecule has 0 saturated carbocycles. The van der Waals surface area contributed by atoms with Crippen molar-refractivity contribution in [1.29, 1.82) is 0 Å². The Morgan fingerprint density at radius 2 is 1.71 bits per heavy atom. The van der Waals surface area contributed by atoms with Crippen LogP contribution in [0.25, 0.3) is 0 Å². The fourth-order valence-corrected chi connectivity index (χ4v) is 4.88. The van der Waals surface area contributed by atoms with Gasteiger partial charge in [0.15, 0.2) is 0 Å². The second kappa shape index (κ2) is 14.0. The number of benzene rings is 2. The Labute approximate surface area is 212 Å². The highest BCUT2D eigenvalue weighted by Crippen LogP contribution is 2.26. The molecule has 1 aliphatic heterocycles. The molecule has 2 aromatic carbocycles. The summed E-state index contributed by atoms with van der Waals surface area (Å²) in [4.78, 5) is 28.7. The van der Waals surface area contributed by atoms with E-state index in [2.05, 4.69) is 27.7 Å². The maximum Gasteiger partial charge on any atom is 0.255 e. The maximum atomic E-state index is 13.3. The van der Waals surface area contributed by atoms with Gasteiger partial charge in [0.1, 0.15) is 17.5 Å². The van der Waals surface area contributed by atoms with Crippen LogP contribution in [0.5, 0.6) is 11.5 Å². The number of carbonyl (C=O) groups is 2. The highest BCUT2D eigenvalue weighted by Gasteiger charge is 2.26. The summed E-state index contributed by atoms with van der Waals surface area (Å²) < 4.78 is 10.6. The molecular weight excluding hydrogens is 462 g/mol. The average Bonchev–Trinajstić information content (AvgIpc) is 2.91. The van der Waals surface area contributed by atoms with E-state index in [1.54, 1.807) is 37.1 Å². The highest BCUT2D eigenvalue weighted by molar-refractivity contribution is 7.98. The van der Waals surface area contributed by atoms with E-state index in [1.807, 2.05) is 24.5 Å². The SMILES string of the molecule is COc1ccc([C@@H](CNC(=O)[C@H](CCSC)NC(=O)c2ccccc2OC)N2CCCCC2)cc1. The van der Waals surface area contributed by atoms with Gasteiger partial charge in [-0.1, -0.05) is 30.7 Å². The topological polar surface area (TPSA) is 79.9 Å². The van der Waals surface area contributed by atoms with Gasteiger partial charge >= 0.3 is 0 Å². The van der Waals surface area contributed by atoms with Gasteiger partial charge in [0.05, 0.1) is 25.8 Å². The number of piperidine rings is 1. The van der Waals surface area contributed by atoms with Crippen LogP contribution in [0, 0.1) is 0 Å². The van der Waals surface area contributed by atoms with Crippen LogP contribution in [0.1, 0.15) is 47.6 Å². The number of rotatable bonds is 12. The number of thioether (sulfide) groups is 1. The van der Waals surface area contributed by atoms with Gasteiger partial charge in [-0.15, -0.1) is 0 Å². The summed E-state index contributed by atoms with van der Waals surface area (Å²) in [6.45, 7) is 2.49. The predicted octanol–water partition coefficient (Wildman–Crippen LogP) is 3.90. The van der Waals surface area contributed by atoms with Crippen molar-refractivity contribution in [2.75, 3.05) is 45.9 Å². The molecule has 0 spiro atoms. The molecule has 0 unspecified atom stereocenters. The summed E-state index contributed by atoms with van der Waals surface area (Å²) in [5.41, 5.74) is 1.56. The molecule has 7 nitrogen and oxygen atoms in total. The molecule has 1 saturated heterocycles. The lowest BCUT2D eigenvalue weighted by molar-refractivity contribution is -0.123. The molecule has 0 aromatic heterocycles. The van der Waals surface area contributed by atoms with Gasteiger partial charge in [-0.3, -0.25) is 14.5 Å². The van der Waals surface area contributed by atoms with Crippen LogP contribution in [0.15, 0.2) is 48.5 Å². The van der Waals surface area contributed by atoms with E-state index in [1.165, 1.54) is 13.5 Å². The quantitative estimate of drug-likeness (QED) is 0.461. The molecule has 2 aromatic rings. The van der Waals surface area contributed by atoms with E-state index < -0.39 is 6.04 Å². The minimum Gasteiger partial charge on any atom is -0.497 e. The van der Waals surface area contributed by atoms with Gasteiger partial charge in [0.25, 0.3) is 5.91 Å². The smallest absolute Gasteiger partial charge is 0.255 e. The number of ether oxygens (including phenoxy) is 2. The lowest BCUT2D eigenvalue weighted by atomic mass is 10.0. The fraction of sp³-hybridized carbons (Fsp3) is 0.481. The number of likely N-dealkylation sites (tertiary alicyclic amines) is 1. The zero-order valence-corrected chi connectivity index (χ0v) is 21.7. The van der Waals surface area contributed by atoms with Crippen molar-refractivity contribution in [2.45, 2.75) is 37.8 Å². The zero-order valence-electron chi connectivity index (χ0n) is 20.9. The number of methoxy groups -OCH3 is 2. The molecular formula is C27H37N3O4S. The van der Waals surface area contributed by atoms with Gasteiger partial charge in [0, 0.05) is 6.54 Å². The summed E-state index contributed by atoms with van der Waals surface area (Å²) in [5, 5.41) is 6.06. The Morgan fingerprint density at radius 3 is 2.37 bits per heavy atom. The molecule has 35 heavy (non-hydrogen) atoms. The number of nitrogens with one attached hydrogen (secondary N) is 2. The first-order valence-electron chi connectivity index (χ1n) is 12.2. The van der Waals surface area contributed by atoms with Gasteiger partial charge in [-0.2, -0.15) is 11.8 Å². The first-order valence-corrected chi connectivity index (χ1v) is 13.5.